The van der Waals surface area contributed by atoms with Gasteiger partial charge in [-0.1, -0.05) is 43.2 Å². The van der Waals surface area contributed by atoms with Crippen molar-refractivity contribution in [1.82, 2.24) is 5.32 Å². The van der Waals surface area contributed by atoms with Crippen LogP contribution in [0.5, 0.6) is 0 Å². The summed E-state index contributed by atoms with van der Waals surface area (Å²) in [4.78, 5) is 0. The van der Waals surface area contributed by atoms with E-state index in [0.29, 0.717) is 11.5 Å². The molecule has 0 amide bonds. The van der Waals surface area contributed by atoms with Crippen molar-refractivity contribution in [3.05, 3.63) is 34.9 Å². The van der Waals surface area contributed by atoms with E-state index in [4.69, 9.17) is 0 Å². The number of hydrogen-bond acceptors (Lipinski definition) is 1. The lowest BCUT2D eigenvalue weighted by Gasteiger charge is -2.25. The molecule has 0 heterocycles. The molecule has 1 nitrogen and oxygen atoms in total. The van der Waals surface area contributed by atoms with Gasteiger partial charge in [0.15, 0.2) is 0 Å². The molecule has 1 N–H and O–H groups in total. The fraction of sp³-hybridized carbons (Fsp3) is 0.625. The second-order valence-electron chi connectivity index (χ2n) is 5.96. The number of aryl methyl sites for hydroxylation is 2. The molecule has 1 atom stereocenters. The zero-order chi connectivity index (χ0) is 12.5. The molecule has 1 unspecified atom stereocenters. The van der Waals surface area contributed by atoms with Gasteiger partial charge < -0.3 is 5.32 Å². The molecule has 2 rings (SSSR count). The smallest absolute Gasteiger partial charge is 0.0161 e. The Hall–Kier alpha value is -0.820. The lowest BCUT2D eigenvalue weighted by atomic mass is 9.91. The van der Waals surface area contributed by atoms with E-state index in [1.54, 1.807) is 0 Å². The minimum Gasteiger partial charge on any atom is -0.313 e. The van der Waals surface area contributed by atoms with Crippen LogP contribution in [0, 0.1) is 19.3 Å². The minimum absolute atomic E-state index is 0.549. The number of hydrogen-bond donors (Lipinski definition) is 1. The van der Waals surface area contributed by atoms with E-state index < -0.39 is 0 Å². The van der Waals surface area contributed by atoms with E-state index >= 15 is 0 Å². The Kier molecular flexibility index (Phi) is 3.58. The first-order valence-corrected chi connectivity index (χ1v) is 6.84. The van der Waals surface area contributed by atoms with E-state index in [1.807, 2.05) is 0 Å². The number of rotatable bonds is 5. The number of benzene rings is 1. The van der Waals surface area contributed by atoms with Crippen molar-refractivity contribution in [1.29, 1.82) is 0 Å². The minimum atomic E-state index is 0.549. The van der Waals surface area contributed by atoms with Gasteiger partial charge in [0, 0.05) is 6.04 Å². The van der Waals surface area contributed by atoms with Crippen LogP contribution in [0.3, 0.4) is 0 Å². The largest absolute Gasteiger partial charge is 0.313 e. The molecule has 1 aromatic rings. The van der Waals surface area contributed by atoms with Crippen LogP contribution < -0.4 is 5.32 Å². The second-order valence-corrected chi connectivity index (χ2v) is 5.96. The summed E-state index contributed by atoms with van der Waals surface area (Å²) in [6.07, 6.45) is 3.94. The molecule has 0 aliphatic heterocycles. The highest BCUT2D eigenvalue weighted by atomic mass is 14.9. The van der Waals surface area contributed by atoms with Gasteiger partial charge in [-0.05, 0) is 50.6 Å². The maximum Gasteiger partial charge on any atom is 0.0161 e. The third kappa shape index (κ3) is 3.10. The van der Waals surface area contributed by atoms with Gasteiger partial charge in [0.1, 0.15) is 0 Å². The zero-order valence-corrected chi connectivity index (χ0v) is 11.6. The summed E-state index contributed by atoms with van der Waals surface area (Å²) in [5.41, 5.74) is 4.81. The monoisotopic (exact) mass is 231 g/mol. The molecular formula is C16H25N. The first kappa shape index (κ1) is 12.6. The van der Waals surface area contributed by atoms with E-state index in [9.17, 15) is 0 Å². The molecule has 1 aliphatic carbocycles. The van der Waals surface area contributed by atoms with Gasteiger partial charge >= 0.3 is 0 Å². The Labute approximate surface area is 106 Å². The Balaban J connectivity index is 2.11. The first-order valence-electron chi connectivity index (χ1n) is 6.84. The summed E-state index contributed by atoms with van der Waals surface area (Å²) in [7, 11) is 0. The maximum absolute atomic E-state index is 3.67. The standard InChI is InChI=1S/C16H25N/c1-5-17-15(16(4)6-7-16)11-14-9-12(2)8-13(3)10-14/h8-10,15,17H,5-7,11H2,1-4H3. The van der Waals surface area contributed by atoms with Crippen molar-refractivity contribution in [2.24, 2.45) is 5.41 Å². The van der Waals surface area contributed by atoms with Crippen LogP contribution in [0.1, 0.15) is 43.4 Å². The van der Waals surface area contributed by atoms with Gasteiger partial charge in [-0.15, -0.1) is 0 Å². The van der Waals surface area contributed by atoms with Gasteiger partial charge in [-0.3, -0.25) is 0 Å². The Bertz CT molecular complexity index is 370. The van der Waals surface area contributed by atoms with E-state index in [1.165, 1.54) is 36.0 Å². The molecule has 1 saturated carbocycles. The summed E-state index contributed by atoms with van der Waals surface area (Å²) in [5.74, 6) is 0. The zero-order valence-electron chi connectivity index (χ0n) is 11.6. The maximum atomic E-state index is 3.67. The highest BCUT2D eigenvalue weighted by Gasteiger charge is 2.44. The quantitative estimate of drug-likeness (QED) is 0.816. The van der Waals surface area contributed by atoms with E-state index in [2.05, 4.69) is 51.2 Å². The molecule has 0 aromatic heterocycles. The summed E-state index contributed by atoms with van der Waals surface area (Å²) >= 11 is 0. The molecule has 0 saturated heterocycles. The molecular weight excluding hydrogens is 206 g/mol. The third-order valence-corrected chi connectivity index (χ3v) is 4.05. The molecule has 0 radical (unpaired) electrons. The average molecular weight is 231 g/mol. The van der Waals surface area contributed by atoms with E-state index in [-0.39, 0.29) is 0 Å². The van der Waals surface area contributed by atoms with Gasteiger partial charge in [0.2, 0.25) is 0 Å². The number of likely N-dealkylation sites (N-methyl/N-ethyl adjacent to an activating group) is 1. The van der Waals surface area contributed by atoms with Crippen molar-refractivity contribution in [3.63, 3.8) is 0 Å². The lowest BCUT2D eigenvalue weighted by molar-refractivity contribution is 0.360. The van der Waals surface area contributed by atoms with Gasteiger partial charge in [0.25, 0.3) is 0 Å². The second kappa shape index (κ2) is 4.81. The normalized spacial score (nSPS) is 19.1. The molecule has 1 aromatic carbocycles. The van der Waals surface area contributed by atoms with Crippen molar-refractivity contribution in [2.75, 3.05) is 6.54 Å². The van der Waals surface area contributed by atoms with Gasteiger partial charge in [-0.25, -0.2) is 0 Å². The topological polar surface area (TPSA) is 12.0 Å². The predicted molar refractivity (Wildman–Crippen MR) is 74.4 cm³/mol. The summed E-state index contributed by atoms with van der Waals surface area (Å²) in [5, 5.41) is 3.67. The fourth-order valence-corrected chi connectivity index (χ4v) is 2.78. The van der Waals surface area contributed by atoms with Crippen LogP contribution >= 0.6 is 0 Å². The van der Waals surface area contributed by atoms with Crippen LogP contribution in [-0.2, 0) is 6.42 Å². The van der Waals surface area contributed by atoms with Gasteiger partial charge in [0.05, 0.1) is 0 Å². The molecule has 0 spiro atoms. The summed E-state index contributed by atoms with van der Waals surface area (Å²) in [6, 6.07) is 7.57. The highest BCUT2D eigenvalue weighted by molar-refractivity contribution is 5.29. The molecule has 94 valence electrons. The number of nitrogens with one attached hydrogen (secondary N) is 1. The molecule has 1 aliphatic rings. The lowest BCUT2D eigenvalue weighted by Crippen LogP contribution is -2.38. The Morgan fingerprint density at radius 1 is 1.18 bits per heavy atom. The SMILES string of the molecule is CCNC(Cc1cc(C)cc(C)c1)C1(C)CC1. The van der Waals surface area contributed by atoms with Crippen molar-refractivity contribution >= 4 is 0 Å². The molecule has 1 fully saturated rings. The molecule has 1 heteroatoms. The van der Waals surface area contributed by atoms with Crippen LogP contribution in [0.4, 0.5) is 0 Å². The van der Waals surface area contributed by atoms with Crippen LogP contribution in [0.25, 0.3) is 0 Å². The molecule has 17 heavy (non-hydrogen) atoms. The average Bonchev–Trinajstić information content (AvgIpc) is 2.96. The van der Waals surface area contributed by atoms with Crippen molar-refractivity contribution in [3.8, 4) is 0 Å². The van der Waals surface area contributed by atoms with Crippen LogP contribution in [0.2, 0.25) is 0 Å². The fourth-order valence-electron chi connectivity index (χ4n) is 2.78. The van der Waals surface area contributed by atoms with E-state index in [0.717, 1.165) is 6.54 Å². The third-order valence-electron chi connectivity index (χ3n) is 4.05. The van der Waals surface area contributed by atoms with Crippen LogP contribution in [-0.4, -0.2) is 12.6 Å². The van der Waals surface area contributed by atoms with Crippen molar-refractivity contribution < 1.29 is 0 Å². The van der Waals surface area contributed by atoms with Crippen molar-refractivity contribution in [2.45, 2.75) is 53.0 Å². The highest BCUT2D eigenvalue weighted by Crippen LogP contribution is 2.48. The predicted octanol–water partition coefficient (Wildman–Crippen LogP) is 3.62. The Morgan fingerprint density at radius 3 is 2.24 bits per heavy atom. The first-order chi connectivity index (χ1) is 8.03. The van der Waals surface area contributed by atoms with Crippen LogP contribution in [0.15, 0.2) is 18.2 Å². The molecule has 0 bridgehead atoms. The summed E-state index contributed by atoms with van der Waals surface area (Å²) < 4.78 is 0. The van der Waals surface area contributed by atoms with Gasteiger partial charge in [-0.2, -0.15) is 0 Å². The summed E-state index contributed by atoms with van der Waals surface area (Å²) in [6.45, 7) is 10.1. The Morgan fingerprint density at radius 2 is 1.76 bits per heavy atom.